The molecule has 0 bridgehead atoms. The molecule has 1 aliphatic heterocycles. The van der Waals surface area contributed by atoms with Gasteiger partial charge < -0.3 is 19.9 Å². The fourth-order valence-electron chi connectivity index (χ4n) is 4.51. The zero-order valence-electron chi connectivity index (χ0n) is 21.0. The van der Waals surface area contributed by atoms with Crippen LogP contribution < -0.4 is 10.1 Å². The molecule has 0 saturated carbocycles. The van der Waals surface area contributed by atoms with Crippen LogP contribution in [0.3, 0.4) is 0 Å². The molecule has 2 N–H and O–H groups in total. The second kappa shape index (κ2) is 11.5. The highest BCUT2D eigenvalue weighted by Gasteiger charge is 2.63. The van der Waals surface area contributed by atoms with Gasteiger partial charge in [-0.15, -0.1) is 6.58 Å². The van der Waals surface area contributed by atoms with E-state index in [-0.39, 0.29) is 18.6 Å². The minimum absolute atomic E-state index is 0.187. The molecule has 1 fully saturated rings. The molecule has 2 aromatic rings. The summed E-state index contributed by atoms with van der Waals surface area (Å²) in [6.07, 6.45) is 1.90. The van der Waals surface area contributed by atoms with Gasteiger partial charge in [-0.3, -0.25) is 4.79 Å². The van der Waals surface area contributed by atoms with E-state index in [4.69, 9.17) is 9.47 Å². The van der Waals surface area contributed by atoms with E-state index < -0.39 is 23.8 Å². The normalized spacial score (nSPS) is 18.4. The number of carbonyl (C=O) groups is 2. The van der Waals surface area contributed by atoms with Crippen molar-refractivity contribution >= 4 is 11.9 Å². The summed E-state index contributed by atoms with van der Waals surface area (Å²) in [6.45, 7) is 9.88. The number of likely N-dealkylation sites (tertiary alicyclic amines) is 1. The predicted molar refractivity (Wildman–Crippen MR) is 135 cm³/mol. The largest absolute Gasteiger partial charge is 0.469 e. The van der Waals surface area contributed by atoms with Crippen LogP contribution in [0.5, 0.6) is 5.75 Å². The summed E-state index contributed by atoms with van der Waals surface area (Å²) in [5.74, 6) is 0.277. The number of aliphatic hydroxyl groups excluding tert-OH is 1. The summed E-state index contributed by atoms with van der Waals surface area (Å²) in [5.41, 5.74) is 1.99. The van der Waals surface area contributed by atoms with Gasteiger partial charge in [0.05, 0.1) is 12.6 Å². The van der Waals surface area contributed by atoms with Gasteiger partial charge in [0.1, 0.15) is 17.3 Å². The molecule has 2 aromatic carbocycles. The lowest BCUT2D eigenvalue weighted by atomic mass is 9.72. The van der Waals surface area contributed by atoms with Gasteiger partial charge in [-0.05, 0) is 49.4 Å². The molecular weight excluding hydrogens is 444 g/mol. The van der Waals surface area contributed by atoms with Crippen LogP contribution in [-0.2, 0) is 9.53 Å². The van der Waals surface area contributed by atoms with Crippen LogP contribution in [0.1, 0.15) is 61.9 Å². The van der Waals surface area contributed by atoms with Crippen LogP contribution in [0.15, 0.2) is 61.2 Å². The standard InChI is InChI=1S/C28H36N2O5/c1-6-9-23(20-12-10-19(4)11-13-20)29-27(33)30-25(32)28(7-2,8-3)26(30)35-22-16-14-21(15-17-22)24(31)18-34-5/h6,10-17,23-24,26,31H,1,7-9,18H2,2-5H3,(H,29,33)/t23-,24?,26+/m1/s1. The van der Waals surface area contributed by atoms with Crippen LogP contribution in [0.2, 0.25) is 0 Å². The van der Waals surface area contributed by atoms with Gasteiger partial charge in [0.25, 0.3) is 0 Å². The van der Waals surface area contributed by atoms with E-state index in [1.165, 1.54) is 12.0 Å². The van der Waals surface area contributed by atoms with Crippen molar-refractivity contribution < 1.29 is 24.2 Å². The molecule has 35 heavy (non-hydrogen) atoms. The van der Waals surface area contributed by atoms with E-state index in [0.29, 0.717) is 30.6 Å². The molecule has 1 saturated heterocycles. The number of amides is 3. The Morgan fingerprint density at radius 3 is 2.29 bits per heavy atom. The molecule has 7 nitrogen and oxygen atoms in total. The lowest BCUT2D eigenvalue weighted by Gasteiger charge is -2.53. The van der Waals surface area contributed by atoms with Gasteiger partial charge in [0.2, 0.25) is 5.91 Å². The Morgan fingerprint density at radius 1 is 1.14 bits per heavy atom. The van der Waals surface area contributed by atoms with E-state index in [0.717, 1.165) is 11.1 Å². The van der Waals surface area contributed by atoms with E-state index in [2.05, 4.69) is 11.9 Å². The number of aryl methyl sites for hydroxylation is 1. The number of urea groups is 1. The molecular formula is C28H36N2O5. The van der Waals surface area contributed by atoms with Crippen LogP contribution in [0.25, 0.3) is 0 Å². The Labute approximate surface area is 207 Å². The molecule has 3 atom stereocenters. The average Bonchev–Trinajstić information content (AvgIpc) is 2.85. The van der Waals surface area contributed by atoms with E-state index >= 15 is 0 Å². The molecule has 1 unspecified atom stereocenters. The Kier molecular flexibility index (Phi) is 8.70. The minimum atomic E-state index is -0.774. The first-order valence-electron chi connectivity index (χ1n) is 12.1. The Balaban J connectivity index is 1.81. The number of β-lactam (4-membered cyclic amide) rings is 1. The number of nitrogens with one attached hydrogen (secondary N) is 1. The number of imide groups is 1. The Bertz CT molecular complexity index is 1010. The minimum Gasteiger partial charge on any atom is -0.469 e. The Morgan fingerprint density at radius 2 is 1.74 bits per heavy atom. The number of benzene rings is 2. The zero-order valence-corrected chi connectivity index (χ0v) is 21.0. The van der Waals surface area contributed by atoms with Crippen molar-refractivity contribution in [3.63, 3.8) is 0 Å². The highest BCUT2D eigenvalue weighted by Crippen LogP contribution is 2.46. The van der Waals surface area contributed by atoms with E-state index in [1.807, 2.05) is 45.0 Å². The van der Waals surface area contributed by atoms with Gasteiger partial charge in [0, 0.05) is 7.11 Å². The number of rotatable bonds is 11. The number of hydrogen-bond donors (Lipinski definition) is 2. The molecule has 3 amide bonds. The number of aliphatic hydroxyl groups is 1. The smallest absolute Gasteiger partial charge is 0.327 e. The van der Waals surface area contributed by atoms with Crippen molar-refractivity contribution in [3.05, 3.63) is 77.9 Å². The first-order valence-corrected chi connectivity index (χ1v) is 12.1. The number of nitrogens with zero attached hydrogens (tertiary/aromatic N) is 1. The van der Waals surface area contributed by atoms with E-state index in [1.54, 1.807) is 30.3 Å². The maximum atomic E-state index is 13.3. The van der Waals surface area contributed by atoms with Crippen LogP contribution in [-0.4, -0.2) is 41.9 Å². The Hall–Kier alpha value is -3.16. The average molecular weight is 481 g/mol. The first-order chi connectivity index (χ1) is 16.8. The highest BCUT2D eigenvalue weighted by molar-refractivity contribution is 6.03. The predicted octanol–water partition coefficient (Wildman–Crippen LogP) is 5.06. The summed E-state index contributed by atoms with van der Waals surface area (Å²) in [6, 6.07) is 14.1. The quantitative estimate of drug-likeness (QED) is 0.347. The lowest BCUT2D eigenvalue weighted by molar-refractivity contribution is -0.191. The summed E-state index contributed by atoms with van der Waals surface area (Å²) >= 11 is 0. The SMILES string of the molecule is C=CC[C@@H](NC(=O)N1C(=O)C(CC)(CC)[C@@H]1Oc1ccc(C(O)COC)cc1)c1ccc(C)cc1. The number of carbonyl (C=O) groups excluding carboxylic acids is 2. The van der Waals surface area contributed by atoms with Crippen LogP contribution in [0, 0.1) is 12.3 Å². The molecule has 1 aliphatic rings. The summed E-state index contributed by atoms with van der Waals surface area (Å²) in [7, 11) is 1.53. The molecule has 0 aromatic heterocycles. The fourth-order valence-corrected chi connectivity index (χ4v) is 4.51. The summed E-state index contributed by atoms with van der Waals surface area (Å²) in [4.78, 5) is 27.8. The third-order valence-electron chi connectivity index (χ3n) is 6.85. The monoisotopic (exact) mass is 480 g/mol. The van der Waals surface area contributed by atoms with Gasteiger partial charge in [0.15, 0.2) is 6.23 Å². The van der Waals surface area contributed by atoms with Crippen molar-refractivity contribution in [2.75, 3.05) is 13.7 Å². The zero-order chi connectivity index (χ0) is 25.6. The van der Waals surface area contributed by atoms with Gasteiger partial charge >= 0.3 is 6.03 Å². The van der Waals surface area contributed by atoms with Crippen molar-refractivity contribution in [1.82, 2.24) is 10.2 Å². The molecule has 188 valence electrons. The van der Waals surface area contributed by atoms with Gasteiger partial charge in [-0.2, -0.15) is 0 Å². The van der Waals surface area contributed by atoms with E-state index in [9.17, 15) is 14.7 Å². The van der Waals surface area contributed by atoms with Crippen molar-refractivity contribution in [3.8, 4) is 5.75 Å². The number of ether oxygens (including phenoxy) is 2. The third kappa shape index (κ3) is 5.41. The topological polar surface area (TPSA) is 88.1 Å². The maximum absolute atomic E-state index is 13.3. The van der Waals surface area contributed by atoms with Gasteiger partial charge in [-0.25, -0.2) is 9.69 Å². The van der Waals surface area contributed by atoms with Crippen molar-refractivity contribution in [2.45, 2.75) is 58.4 Å². The lowest BCUT2D eigenvalue weighted by Crippen LogP contribution is -2.73. The molecule has 0 spiro atoms. The third-order valence-corrected chi connectivity index (χ3v) is 6.85. The number of methoxy groups -OCH3 is 1. The molecule has 7 heteroatoms. The van der Waals surface area contributed by atoms with Gasteiger partial charge in [-0.1, -0.05) is 61.9 Å². The fraction of sp³-hybridized carbons (Fsp3) is 0.429. The van der Waals surface area contributed by atoms with Crippen molar-refractivity contribution in [2.24, 2.45) is 5.41 Å². The van der Waals surface area contributed by atoms with Crippen LogP contribution in [0.4, 0.5) is 4.79 Å². The number of hydrogen-bond acceptors (Lipinski definition) is 5. The van der Waals surface area contributed by atoms with Crippen LogP contribution >= 0.6 is 0 Å². The molecule has 0 aliphatic carbocycles. The summed E-state index contributed by atoms with van der Waals surface area (Å²) in [5, 5.41) is 13.1. The molecule has 3 rings (SSSR count). The highest BCUT2D eigenvalue weighted by atomic mass is 16.5. The first kappa shape index (κ1) is 26.4. The second-order valence-corrected chi connectivity index (χ2v) is 8.99. The second-order valence-electron chi connectivity index (χ2n) is 8.99. The maximum Gasteiger partial charge on any atom is 0.327 e. The summed E-state index contributed by atoms with van der Waals surface area (Å²) < 4.78 is 11.2. The molecule has 0 radical (unpaired) electrons. The molecule has 1 heterocycles. The van der Waals surface area contributed by atoms with Crippen molar-refractivity contribution in [1.29, 1.82) is 0 Å².